The summed E-state index contributed by atoms with van der Waals surface area (Å²) in [5, 5.41) is 5.73. The molecule has 2 N–H and O–H groups in total. The number of hydrogen-bond donors (Lipinski definition) is 2. The van der Waals surface area contributed by atoms with Crippen LogP contribution in [0, 0.1) is 6.92 Å². The van der Waals surface area contributed by atoms with Gasteiger partial charge in [0.05, 0.1) is 18.1 Å². The van der Waals surface area contributed by atoms with Gasteiger partial charge in [0.25, 0.3) is 11.8 Å². The summed E-state index contributed by atoms with van der Waals surface area (Å²) in [5.41, 5.74) is 3.86. The van der Waals surface area contributed by atoms with Crippen LogP contribution < -0.4 is 15.5 Å². The number of nitrogens with zero attached hydrogens (tertiary/aromatic N) is 1. The Morgan fingerprint density at radius 3 is 1.74 bits per heavy atom. The molecule has 0 saturated carbocycles. The first-order valence-corrected chi connectivity index (χ1v) is 13.1. The van der Waals surface area contributed by atoms with Crippen LogP contribution in [0.4, 0.5) is 17.1 Å². The van der Waals surface area contributed by atoms with Gasteiger partial charge in [0.15, 0.2) is 5.78 Å². The first kappa shape index (κ1) is 25.4. The molecule has 8 heteroatoms. The van der Waals surface area contributed by atoms with E-state index >= 15 is 0 Å². The van der Waals surface area contributed by atoms with Gasteiger partial charge in [-0.3, -0.25) is 14.4 Å². The molecule has 0 unspecified atom stereocenters. The zero-order valence-electron chi connectivity index (χ0n) is 20.9. The van der Waals surface area contributed by atoms with Crippen molar-refractivity contribution in [2.75, 3.05) is 41.8 Å². The zero-order valence-corrected chi connectivity index (χ0v) is 21.7. The number of morpholine rings is 1. The lowest BCUT2D eigenvalue weighted by Gasteiger charge is -2.28. The van der Waals surface area contributed by atoms with Gasteiger partial charge in [0, 0.05) is 51.7 Å². The zero-order chi connectivity index (χ0) is 26.5. The Kier molecular flexibility index (Phi) is 7.62. The van der Waals surface area contributed by atoms with Crippen molar-refractivity contribution in [2.24, 2.45) is 0 Å². The second-order valence-electron chi connectivity index (χ2n) is 8.95. The molecule has 1 aliphatic rings. The maximum Gasteiger partial charge on any atom is 0.265 e. The van der Waals surface area contributed by atoms with Gasteiger partial charge in [-0.05, 0) is 91.9 Å². The number of benzene rings is 3. The summed E-state index contributed by atoms with van der Waals surface area (Å²) < 4.78 is 5.39. The van der Waals surface area contributed by atoms with Gasteiger partial charge >= 0.3 is 0 Å². The number of rotatable bonds is 7. The second kappa shape index (κ2) is 11.4. The average molecular weight is 526 g/mol. The molecule has 2 amide bonds. The smallest absolute Gasteiger partial charge is 0.265 e. The molecule has 4 aromatic rings. The van der Waals surface area contributed by atoms with E-state index in [0.717, 1.165) is 23.7 Å². The molecule has 1 aliphatic heterocycles. The van der Waals surface area contributed by atoms with Crippen molar-refractivity contribution in [1.29, 1.82) is 0 Å². The summed E-state index contributed by atoms with van der Waals surface area (Å²) in [4.78, 5) is 41.9. The fraction of sp³-hybridized carbons (Fsp3) is 0.167. The first-order chi connectivity index (χ1) is 18.5. The van der Waals surface area contributed by atoms with E-state index in [0.29, 0.717) is 46.2 Å². The fourth-order valence-electron chi connectivity index (χ4n) is 4.17. The Balaban J connectivity index is 1.17. The highest BCUT2D eigenvalue weighted by Crippen LogP contribution is 2.21. The number of anilines is 3. The topological polar surface area (TPSA) is 87.7 Å². The molecule has 192 valence electrons. The number of nitrogens with one attached hydrogen (secondary N) is 2. The lowest BCUT2D eigenvalue weighted by atomic mass is 10.0. The normalized spacial score (nSPS) is 13.1. The highest BCUT2D eigenvalue weighted by molar-refractivity contribution is 7.14. The van der Waals surface area contributed by atoms with Crippen molar-refractivity contribution < 1.29 is 19.1 Å². The molecule has 0 radical (unpaired) electrons. The summed E-state index contributed by atoms with van der Waals surface area (Å²) in [6.45, 7) is 5.05. The Labute approximate surface area is 225 Å². The van der Waals surface area contributed by atoms with Crippen molar-refractivity contribution in [3.8, 4) is 0 Å². The average Bonchev–Trinajstić information content (AvgIpc) is 3.40. The number of ketones is 1. The van der Waals surface area contributed by atoms with E-state index in [9.17, 15) is 14.4 Å². The van der Waals surface area contributed by atoms with Crippen molar-refractivity contribution in [1.82, 2.24) is 0 Å². The standard InChI is InChI=1S/C30H27N3O4S/c1-20-2-15-27(38-20)30(36)32-25-11-5-22(6-12-25)28(34)21-3-9-24(10-4-21)31-29(35)23-7-13-26(14-8-23)33-16-18-37-19-17-33/h2-15H,16-19H2,1H3,(H,31,35)(H,32,36). The maximum atomic E-state index is 12.9. The van der Waals surface area contributed by atoms with Crippen LogP contribution in [0.25, 0.3) is 0 Å². The van der Waals surface area contributed by atoms with Crippen LogP contribution >= 0.6 is 11.3 Å². The maximum absolute atomic E-state index is 12.9. The number of ether oxygens (including phenoxy) is 1. The Morgan fingerprint density at radius 1 is 0.684 bits per heavy atom. The molecule has 3 aromatic carbocycles. The Hall–Kier alpha value is -4.27. The molecule has 1 saturated heterocycles. The largest absolute Gasteiger partial charge is 0.378 e. The monoisotopic (exact) mass is 525 g/mol. The number of carbonyl (C=O) groups is 3. The predicted octanol–water partition coefficient (Wildman–Crippen LogP) is 5.63. The van der Waals surface area contributed by atoms with Gasteiger partial charge in [-0.15, -0.1) is 11.3 Å². The van der Waals surface area contributed by atoms with Gasteiger partial charge in [-0.1, -0.05) is 0 Å². The molecule has 1 aromatic heterocycles. The quantitative estimate of drug-likeness (QED) is 0.306. The second-order valence-corrected chi connectivity index (χ2v) is 10.2. The van der Waals surface area contributed by atoms with Crippen LogP contribution in [0.1, 0.15) is 40.8 Å². The van der Waals surface area contributed by atoms with Crippen molar-refractivity contribution in [2.45, 2.75) is 6.92 Å². The molecule has 2 heterocycles. The molecule has 0 bridgehead atoms. The molecule has 7 nitrogen and oxygen atoms in total. The minimum absolute atomic E-state index is 0.145. The van der Waals surface area contributed by atoms with E-state index in [-0.39, 0.29) is 17.6 Å². The third-order valence-electron chi connectivity index (χ3n) is 6.28. The summed E-state index contributed by atoms with van der Waals surface area (Å²) in [5.74, 6) is -0.533. The van der Waals surface area contributed by atoms with E-state index in [4.69, 9.17) is 4.74 Å². The van der Waals surface area contributed by atoms with Crippen LogP contribution in [-0.2, 0) is 4.74 Å². The van der Waals surface area contributed by atoms with Crippen molar-refractivity contribution >= 4 is 46.0 Å². The molecular formula is C30H27N3O4S. The Bertz CT molecular complexity index is 1440. The van der Waals surface area contributed by atoms with E-state index in [2.05, 4.69) is 15.5 Å². The van der Waals surface area contributed by atoms with Gasteiger partial charge in [0.2, 0.25) is 0 Å². The minimum Gasteiger partial charge on any atom is -0.378 e. The van der Waals surface area contributed by atoms with E-state index in [1.54, 1.807) is 54.6 Å². The van der Waals surface area contributed by atoms with Crippen molar-refractivity contribution in [3.05, 3.63) is 111 Å². The number of amides is 2. The Morgan fingerprint density at radius 2 is 1.21 bits per heavy atom. The SMILES string of the molecule is Cc1ccc(C(=O)Nc2ccc(C(=O)c3ccc(NC(=O)c4ccc(N5CCOCC5)cc4)cc3)cc2)s1. The van der Waals surface area contributed by atoms with Gasteiger partial charge in [0.1, 0.15) is 0 Å². The lowest BCUT2D eigenvalue weighted by molar-refractivity contribution is 0.102. The van der Waals surface area contributed by atoms with Gasteiger partial charge in [-0.25, -0.2) is 0 Å². The highest BCUT2D eigenvalue weighted by atomic mass is 32.1. The molecular weight excluding hydrogens is 498 g/mol. The van der Waals surface area contributed by atoms with Crippen molar-refractivity contribution in [3.63, 3.8) is 0 Å². The van der Waals surface area contributed by atoms with E-state index < -0.39 is 0 Å². The highest BCUT2D eigenvalue weighted by Gasteiger charge is 2.14. The first-order valence-electron chi connectivity index (χ1n) is 12.3. The molecule has 1 fully saturated rings. The molecule has 5 rings (SSSR count). The van der Waals surface area contributed by atoms with Crippen LogP contribution in [0.15, 0.2) is 84.9 Å². The molecule has 0 aliphatic carbocycles. The number of thiophene rings is 1. The number of hydrogen-bond acceptors (Lipinski definition) is 6. The molecule has 38 heavy (non-hydrogen) atoms. The summed E-state index contributed by atoms with van der Waals surface area (Å²) in [6, 6.07) is 24.8. The van der Waals surface area contributed by atoms with Gasteiger partial charge in [-0.2, -0.15) is 0 Å². The van der Waals surface area contributed by atoms with E-state index in [1.165, 1.54) is 11.3 Å². The van der Waals surface area contributed by atoms with Gasteiger partial charge < -0.3 is 20.3 Å². The molecule has 0 spiro atoms. The van der Waals surface area contributed by atoms with E-state index in [1.807, 2.05) is 37.3 Å². The van der Waals surface area contributed by atoms with Crippen LogP contribution in [0.3, 0.4) is 0 Å². The fourth-order valence-corrected chi connectivity index (χ4v) is 4.94. The number of aryl methyl sites for hydroxylation is 1. The lowest BCUT2D eigenvalue weighted by Crippen LogP contribution is -2.36. The van der Waals surface area contributed by atoms with Crippen LogP contribution in [0.2, 0.25) is 0 Å². The van der Waals surface area contributed by atoms with Crippen LogP contribution in [-0.4, -0.2) is 43.9 Å². The predicted molar refractivity (Wildman–Crippen MR) is 151 cm³/mol. The molecule has 0 atom stereocenters. The minimum atomic E-state index is -0.215. The third kappa shape index (κ3) is 5.99. The summed E-state index contributed by atoms with van der Waals surface area (Å²) in [6.07, 6.45) is 0. The number of carbonyl (C=O) groups excluding carboxylic acids is 3. The third-order valence-corrected chi connectivity index (χ3v) is 7.28. The summed E-state index contributed by atoms with van der Waals surface area (Å²) in [7, 11) is 0. The summed E-state index contributed by atoms with van der Waals surface area (Å²) >= 11 is 1.43. The van der Waals surface area contributed by atoms with Crippen LogP contribution in [0.5, 0.6) is 0 Å².